The average Bonchev–Trinajstić information content (AvgIpc) is 2.34. The van der Waals surface area contributed by atoms with Gasteiger partial charge in [0.2, 0.25) is 0 Å². The second kappa shape index (κ2) is 8.92. The number of hydrogen-bond acceptors (Lipinski definition) is 2. The van der Waals surface area contributed by atoms with E-state index in [2.05, 4.69) is 22.0 Å². The normalized spacial score (nSPS) is 12.6. The zero-order valence-corrected chi connectivity index (χ0v) is 12.3. The van der Waals surface area contributed by atoms with E-state index in [1.165, 1.54) is 5.56 Å². The van der Waals surface area contributed by atoms with Crippen LogP contribution in [0.3, 0.4) is 0 Å². The van der Waals surface area contributed by atoms with Gasteiger partial charge in [-0.3, -0.25) is 0 Å². The van der Waals surface area contributed by atoms with E-state index in [9.17, 15) is 0 Å². The molecule has 0 bridgehead atoms. The average molecular weight is 322 g/mol. The molecule has 0 radical (unpaired) electrons. The number of benzene rings is 1. The van der Waals surface area contributed by atoms with Crippen molar-refractivity contribution in [2.75, 3.05) is 32.3 Å². The quantitative estimate of drug-likeness (QED) is 0.534. The van der Waals surface area contributed by atoms with Crippen LogP contribution in [-0.2, 0) is 9.47 Å². The molecule has 0 saturated heterocycles. The molecular weight excluding hydrogens is 303 g/mol. The highest BCUT2D eigenvalue weighted by atomic mass is 79.9. The minimum absolute atomic E-state index is 0.441. The Hall–Kier alpha value is -0.0900. The zero-order valence-electron chi connectivity index (χ0n) is 9.99. The van der Waals surface area contributed by atoms with Crippen LogP contribution >= 0.6 is 27.5 Å². The Bertz CT molecular complexity index is 320. The van der Waals surface area contributed by atoms with Crippen LogP contribution in [0.25, 0.3) is 0 Å². The van der Waals surface area contributed by atoms with Crippen LogP contribution in [0.4, 0.5) is 0 Å². The molecule has 0 spiro atoms. The molecule has 96 valence electrons. The molecule has 4 heteroatoms. The molecule has 1 aromatic carbocycles. The van der Waals surface area contributed by atoms with Gasteiger partial charge in [-0.25, -0.2) is 0 Å². The van der Waals surface area contributed by atoms with Gasteiger partial charge in [-0.2, -0.15) is 0 Å². The van der Waals surface area contributed by atoms with E-state index in [-0.39, 0.29) is 0 Å². The molecule has 2 nitrogen and oxygen atoms in total. The van der Waals surface area contributed by atoms with Gasteiger partial charge < -0.3 is 9.47 Å². The Morgan fingerprint density at radius 2 is 2.12 bits per heavy atom. The molecule has 0 aliphatic rings. The smallest absolute Gasteiger partial charge is 0.0700 e. The van der Waals surface area contributed by atoms with Gasteiger partial charge in [0.15, 0.2) is 0 Å². The molecule has 17 heavy (non-hydrogen) atoms. The SMILES string of the molecule is COCCOCCC(CBr)c1cccc(Cl)c1. The van der Waals surface area contributed by atoms with Gasteiger partial charge in [0.25, 0.3) is 0 Å². The third-order valence-corrected chi connectivity index (χ3v) is 3.57. The number of rotatable bonds is 8. The summed E-state index contributed by atoms with van der Waals surface area (Å²) in [5, 5.41) is 1.70. The number of alkyl halides is 1. The second-order valence-corrected chi connectivity index (χ2v) is 4.88. The molecule has 1 atom stereocenters. The lowest BCUT2D eigenvalue weighted by atomic mass is 9.98. The molecule has 0 fully saturated rings. The van der Waals surface area contributed by atoms with Gasteiger partial charge in [-0.15, -0.1) is 0 Å². The first-order valence-corrected chi connectivity index (χ1v) is 7.16. The summed E-state index contributed by atoms with van der Waals surface area (Å²) in [5.41, 5.74) is 1.25. The van der Waals surface area contributed by atoms with E-state index in [4.69, 9.17) is 21.1 Å². The van der Waals surface area contributed by atoms with Gasteiger partial charge in [0, 0.05) is 24.1 Å². The van der Waals surface area contributed by atoms with Gasteiger partial charge in [0.05, 0.1) is 13.2 Å². The number of halogens is 2. The molecule has 0 aliphatic heterocycles. The summed E-state index contributed by atoms with van der Waals surface area (Å²) in [6.45, 7) is 2.04. The molecule has 0 heterocycles. The first-order chi connectivity index (χ1) is 8.27. The van der Waals surface area contributed by atoms with Crippen molar-refractivity contribution in [2.24, 2.45) is 0 Å². The van der Waals surface area contributed by atoms with E-state index in [1.54, 1.807) is 7.11 Å². The van der Waals surface area contributed by atoms with Crippen molar-refractivity contribution in [3.05, 3.63) is 34.9 Å². The van der Waals surface area contributed by atoms with E-state index in [1.807, 2.05) is 18.2 Å². The number of methoxy groups -OCH3 is 1. The first-order valence-electron chi connectivity index (χ1n) is 5.66. The van der Waals surface area contributed by atoms with Crippen LogP contribution in [0.1, 0.15) is 17.9 Å². The van der Waals surface area contributed by atoms with Gasteiger partial charge in [-0.1, -0.05) is 39.7 Å². The van der Waals surface area contributed by atoms with Crippen molar-refractivity contribution in [1.29, 1.82) is 0 Å². The molecule has 0 amide bonds. The van der Waals surface area contributed by atoms with Crippen molar-refractivity contribution in [3.8, 4) is 0 Å². The molecule has 1 rings (SSSR count). The molecule has 0 aromatic heterocycles. The maximum Gasteiger partial charge on any atom is 0.0700 e. The lowest BCUT2D eigenvalue weighted by Gasteiger charge is -2.14. The second-order valence-electron chi connectivity index (χ2n) is 3.80. The number of ether oxygens (including phenoxy) is 2. The summed E-state index contributed by atoms with van der Waals surface area (Å²) in [4.78, 5) is 0. The summed E-state index contributed by atoms with van der Waals surface area (Å²) in [6.07, 6.45) is 0.981. The highest BCUT2D eigenvalue weighted by Crippen LogP contribution is 2.24. The van der Waals surface area contributed by atoms with Crippen LogP contribution in [0.2, 0.25) is 5.02 Å². The Balaban J connectivity index is 2.38. The van der Waals surface area contributed by atoms with Crippen LogP contribution in [0.5, 0.6) is 0 Å². The van der Waals surface area contributed by atoms with Crippen LogP contribution in [-0.4, -0.2) is 32.3 Å². The Morgan fingerprint density at radius 1 is 1.29 bits per heavy atom. The molecular formula is C13H18BrClO2. The molecule has 0 saturated carbocycles. The third kappa shape index (κ3) is 5.87. The summed E-state index contributed by atoms with van der Waals surface area (Å²) in [7, 11) is 1.68. The van der Waals surface area contributed by atoms with Crippen LogP contribution in [0, 0.1) is 0 Å². The summed E-state index contributed by atoms with van der Waals surface area (Å²) in [6, 6.07) is 8.00. The largest absolute Gasteiger partial charge is 0.382 e. The van der Waals surface area contributed by atoms with Crippen LogP contribution < -0.4 is 0 Å². The predicted octanol–water partition coefficient (Wildman–Crippen LogP) is 3.87. The van der Waals surface area contributed by atoms with Crippen molar-refractivity contribution < 1.29 is 9.47 Å². The molecule has 1 unspecified atom stereocenters. The molecule has 1 aromatic rings. The minimum Gasteiger partial charge on any atom is -0.382 e. The summed E-state index contributed by atoms with van der Waals surface area (Å²) in [5.74, 6) is 0.441. The van der Waals surface area contributed by atoms with E-state index >= 15 is 0 Å². The van der Waals surface area contributed by atoms with Crippen molar-refractivity contribution >= 4 is 27.5 Å². The fourth-order valence-corrected chi connectivity index (χ4v) is 2.46. The monoisotopic (exact) mass is 320 g/mol. The Labute approximate surface area is 116 Å². The van der Waals surface area contributed by atoms with E-state index < -0.39 is 0 Å². The van der Waals surface area contributed by atoms with E-state index in [0.717, 1.165) is 23.4 Å². The highest BCUT2D eigenvalue weighted by Gasteiger charge is 2.10. The zero-order chi connectivity index (χ0) is 12.5. The lowest BCUT2D eigenvalue weighted by molar-refractivity contribution is 0.0677. The minimum atomic E-state index is 0.441. The highest BCUT2D eigenvalue weighted by molar-refractivity contribution is 9.09. The standard InChI is InChI=1S/C13H18BrClO2/c1-16-7-8-17-6-5-12(10-14)11-3-2-4-13(15)9-11/h2-4,9,12H,5-8,10H2,1H3. The van der Waals surface area contributed by atoms with Gasteiger partial charge >= 0.3 is 0 Å². The first kappa shape index (κ1) is 15.0. The predicted molar refractivity (Wildman–Crippen MR) is 75.3 cm³/mol. The van der Waals surface area contributed by atoms with E-state index in [0.29, 0.717) is 19.1 Å². The van der Waals surface area contributed by atoms with Crippen molar-refractivity contribution in [2.45, 2.75) is 12.3 Å². The molecule has 0 aliphatic carbocycles. The Morgan fingerprint density at radius 3 is 2.76 bits per heavy atom. The third-order valence-electron chi connectivity index (χ3n) is 2.55. The summed E-state index contributed by atoms with van der Waals surface area (Å²) < 4.78 is 10.4. The number of hydrogen-bond donors (Lipinski definition) is 0. The Kier molecular flexibility index (Phi) is 7.86. The lowest BCUT2D eigenvalue weighted by Crippen LogP contribution is -2.08. The maximum atomic E-state index is 5.99. The van der Waals surface area contributed by atoms with Crippen LogP contribution in [0.15, 0.2) is 24.3 Å². The van der Waals surface area contributed by atoms with Gasteiger partial charge in [0.1, 0.15) is 0 Å². The fraction of sp³-hybridized carbons (Fsp3) is 0.538. The maximum absolute atomic E-state index is 5.99. The van der Waals surface area contributed by atoms with Crippen molar-refractivity contribution in [1.82, 2.24) is 0 Å². The summed E-state index contributed by atoms with van der Waals surface area (Å²) >= 11 is 9.52. The topological polar surface area (TPSA) is 18.5 Å². The van der Waals surface area contributed by atoms with Crippen molar-refractivity contribution in [3.63, 3.8) is 0 Å². The molecule has 0 N–H and O–H groups in total. The van der Waals surface area contributed by atoms with Gasteiger partial charge in [-0.05, 0) is 30.0 Å². The fourth-order valence-electron chi connectivity index (χ4n) is 1.56.